The molecule has 14 atom stereocenters. The standard InChI is InChI=1S/C70H79Cl2N11O23/c1-29(2)18-40(74-3)63(95)79-55-57(90)31-13-16-44(38(71)20-31)103-46-22-33-23-47(62(46)106-70-61(94)60(93)59(92)48(105-70)28-83-27-34(81-82-83)10-8-6-4-5-7-9-11-50(88)89)104-45-17-14-32(21-39(45)72)58(91)56-68(100)78-54(69(101)102)37-24-35(84)25-43(86)51(37)36-19-30(12-15-42(36)85)52(65(97)80-56)77-66(98)53(33)76-64(96)41(26-49(73)87)75-67(55)99/h12-17,19-25,27,29,40-41,48,52-61,70,74,84-86,90-94H,4-11,18,26,28H2,1-3H3,(H2,73,87)(H,75,99)(H,76,96)(H,77,98)(H,78,100)(H,79,95)(H,80,97)(H,88,89)(H,101,102)/t40-,41+,48-,52-,53-,54+,55-,56+,57-,58-,59-,60+,61-,70+/m1/s1. The number of aliphatic hydroxyl groups is 5. The molecule has 106 heavy (non-hydrogen) atoms. The number of phenolic OH excluding ortho intramolecular Hbond substituents is 3. The molecule has 6 aliphatic heterocycles. The zero-order valence-electron chi connectivity index (χ0n) is 57.0. The van der Waals surface area contributed by atoms with Crippen LogP contribution in [0.4, 0.5) is 0 Å². The molecule has 1 aromatic heterocycles. The molecule has 12 rings (SSSR count). The van der Waals surface area contributed by atoms with E-state index in [2.05, 4.69) is 47.5 Å². The number of aromatic nitrogens is 3. The summed E-state index contributed by atoms with van der Waals surface area (Å²) >= 11 is 14.1. The Balaban J connectivity index is 1.16. The number of hydrogen-bond donors (Lipinski definition) is 18. The summed E-state index contributed by atoms with van der Waals surface area (Å²) in [7, 11) is 1.48. The Morgan fingerprint density at radius 2 is 1.27 bits per heavy atom. The van der Waals surface area contributed by atoms with Gasteiger partial charge in [0.25, 0.3) is 0 Å². The van der Waals surface area contributed by atoms with Gasteiger partial charge in [-0.2, -0.15) is 0 Å². The molecule has 0 spiro atoms. The van der Waals surface area contributed by atoms with Crippen LogP contribution in [0.25, 0.3) is 11.1 Å². The summed E-state index contributed by atoms with van der Waals surface area (Å²) in [5, 5.41) is 138. The highest BCUT2D eigenvalue weighted by atomic mass is 35.5. The summed E-state index contributed by atoms with van der Waals surface area (Å²) in [6, 6.07) is -0.530. The molecule has 1 saturated heterocycles. The molecule has 0 saturated carbocycles. The van der Waals surface area contributed by atoms with E-state index in [-0.39, 0.29) is 58.5 Å². The molecule has 19 N–H and O–H groups in total. The van der Waals surface area contributed by atoms with E-state index < -0.39 is 207 Å². The van der Waals surface area contributed by atoms with Crippen molar-refractivity contribution in [2.24, 2.45) is 11.7 Å². The minimum absolute atomic E-state index is 0.0879. The van der Waals surface area contributed by atoms with Crippen molar-refractivity contribution >= 4 is 76.5 Å². The van der Waals surface area contributed by atoms with Crippen molar-refractivity contribution in [3.8, 4) is 57.1 Å². The molecule has 0 radical (unpaired) electrons. The van der Waals surface area contributed by atoms with Gasteiger partial charge in [-0.05, 0) is 115 Å². The number of carboxylic acid groups (broad SMARTS) is 2. The fraction of sp³-hybridized carbons (Fsp3) is 0.414. The molecule has 11 bridgehead atoms. The summed E-state index contributed by atoms with van der Waals surface area (Å²) in [4.78, 5) is 128. The van der Waals surface area contributed by atoms with E-state index in [1.54, 1.807) is 6.20 Å². The molecule has 0 aliphatic carbocycles. The number of phenols is 3. The summed E-state index contributed by atoms with van der Waals surface area (Å²) < 4.78 is 27.3. The largest absolute Gasteiger partial charge is 0.508 e. The minimum atomic E-state index is -2.33. The number of aryl methyl sites for hydroxylation is 1. The Morgan fingerprint density at radius 3 is 1.90 bits per heavy atom. The van der Waals surface area contributed by atoms with Gasteiger partial charge >= 0.3 is 11.9 Å². The molecule has 5 aromatic carbocycles. The van der Waals surface area contributed by atoms with E-state index in [1.807, 2.05) is 13.8 Å². The third-order valence-corrected chi connectivity index (χ3v) is 18.8. The van der Waals surface area contributed by atoms with Crippen LogP contribution < -0.4 is 57.2 Å². The lowest BCUT2D eigenvalue weighted by molar-refractivity contribution is -0.275. The zero-order chi connectivity index (χ0) is 76.7. The van der Waals surface area contributed by atoms with Crippen LogP contribution in [0.1, 0.15) is 135 Å². The van der Waals surface area contributed by atoms with Crippen LogP contribution in [0.5, 0.6) is 46.0 Å². The number of nitrogens with one attached hydrogen (secondary N) is 7. The number of aromatic hydroxyl groups is 3. The number of likely N-dealkylation sites (N-methyl/N-ethyl adjacent to an activating group) is 1. The molecule has 6 aromatic rings. The van der Waals surface area contributed by atoms with Crippen LogP contribution >= 0.6 is 23.2 Å². The van der Waals surface area contributed by atoms with E-state index >= 15 is 14.4 Å². The second kappa shape index (κ2) is 33.8. The number of benzene rings is 5. The molecular formula is C70H79Cl2N11O23. The van der Waals surface area contributed by atoms with Gasteiger partial charge in [0.2, 0.25) is 53.4 Å². The number of nitrogens with zero attached hydrogens (tertiary/aromatic N) is 3. The average molecular weight is 1510 g/mol. The van der Waals surface area contributed by atoms with Gasteiger partial charge in [0.05, 0.1) is 34.7 Å². The highest BCUT2D eigenvalue weighted by Gasteiger charge is 2.47. The normalized spacial score (nSPS) is 24.2. The first-order chi connectivity index (χ1) is 50.4. The van der Waals surface area contributed by atoms with Crippen molar-refractivity contribution in [1.82, 2.24) is 52.2 Å². The maximum Gasteiger partial charge on any atom is 0.330 e. The first kappa shape index (κ1) is 78.2. The van der Waals surface area contributed by atoms with Crippen LogP contribution in [0, 0.1) is 5.92 Å². The minimum Gasteiger partial charge on any atom is -0.508 e. The van der Waals surface area contributed by atoms with Crippen LogP contribution in [-0.4, -0.2) is 181 Å². The maximum absolute atomic E-state index is 16.0. The van der Waals surface area contributed by atoms with Gasteiger partial charge in [0.15, 0.2) is 17.5 Å². The van der Waals surface area contributed by atoms with Crippen LogP contribution in [0.15, 0.2) is 85.1 Å². The third kappa shape index (κ3) is 18.1. The SMILES string of the molecule is CN[C@H](CC(C)C)C(=O)N[C@H]1C(=O)N[C@@H](CC(N)=O)C(=O)N[C@H]2C(=O)N[C@H]3C(=O)N[C@H](C(=O)N[C@H](C(=O)O)c4cc(O)cc(O)c4-c4cc3ccc4O)[C@H](O)c3ccc(c(Cl)c3)Oc3cc2cc(c3O[C@@H]2O[C@H](Cn3cc(CCCCCCCCC(=O)O)nn3)[C@@H](O)[C@H](O)[C@H]2O)Oc2ccc(cc2Cl)[C@H]1O. The Hall–Kier alpha value is -10.4. The number of primary amides is 1. The van der Waals surface area contributed by atoms with Crippen LogP contribution in [0.2, 0.25) is 10.0 Å². The molecule has 6 aliphatic rings. The van der Waals surface area contributed by atoms with Gasteiger partial charge in [-0.25, -0.2) is 9.48 Å². The number of ether oxygens (including phenoxy) is 4. The van der Waals surface area contributed by atoms with Gasteiger partial charge in [-0.3, -0.25) is 38.4 Å². The topological polar surface area (TPSA) is 534 Å². The number of nitrogens with two attached hydrogens (primary N) is 1. The number of unbranched alkanes of at least 4 members (excludes halogenated alkanes) is 5. The van der Waals surface area contributed by atoms with Gasteiger partial charge in [0, 0.05) is 35.4 Å². The summed E-state index contributed by atoms with van der Waals surface area (Å²) in [6.07, 6.45) is -8.05. The highest BCUT2D eigenvalue weighted by molar-refractivity contribution is 6.32. The highest BCUT2D eigenvalue weighted by Crippen LogP contribution is 2.49. The number of aliphatic hydroxyl groups excluding tert-OH is 5. The predicted octanol–water partition coefficient (Wildman–Crippen LogP) is 2.53. The number of fused-ring (bicyclic) bond motifs is 15. The Bertz CT molecular complexity index is 4350. The number of hydrogen-bond acceptors (Lipinski definition) is 24. The predicted molar refractivity (Wildman–Crippen MR) is 369 cm³/mol. The molecule has 36 heteroatoms. The number of amides is 7. The smallest absolute Gasteiger partial charge is 0.330 e. The van der Waals surface area contributed by atoms with E-state index in [9.17, 15) is 74.7 Å². The van der Waals surface area contributed by atoms with Crippen molar-refractivity contribution in [2.45, 2.75) is 170 Å². The second-order valence-corrected chi connectivity index (χ2v) is 27.3. The number of carbonyl (C=O) groups is 9. The third-order valence-electron chi connectivity index (χ3n) is 18.2. The number of aliphatic carboxylic acids is 2. The lowest BCUT2D eigenvalue weighted by Gasteiger charge is -2.40. The van der Waals surface area contributed by atoms with E-state index in [4.69, 9.17) is 53.0 Å². The lowest BCUT2D eigenvalue weighted by Crippen LogP contribution is -2.60. The number of carbonyl (C=O) groups excluding carboxylic acids is 7. The van der Waals surface area contributed by atoms with Gasteiger partial charge in [-0.15, -0.1) is 5.10 Å². The van der Waals surface area contributed by atoms with E-state index in [0.717, 1.165) is 92.4 Å². The van der Waals surface area contributed by atoms with Crippen LogP contribution in [0.3, 0.4) is 0 Å². The van der Waals surface area contributed by atoms with E-state index in [1.165, 1.54) is 23.9 Å². The quantitative estimate of drug-likeness (QED) is 0.0460. The van der Waals surface area contributed by atoms with Crippen molar-refractivity contribution in [2.75, 3.05) is 7.05 Å². The van der Waals surface area contributed by atoms with Gasteiger partial charge in [-0.1, -0.05) is 86.1 Å². The first-order valence-electron chi connectivity index (χ1n) is 33.7. The Labute approximate surface area is 613 Å². The zero-order valence-corrected chi connectivity index (χ0v) is 58.5. The Kier molecular flexibility index (Phi) is 24.9. The number of rotatable bonds is 21. The number of carboxylic acids is 2. The molecule has 1 fully saturated rings. The summed E-state index contributed by atoms with van der Waals surface area (Å²) in [5.41, 5.74) is 3.50. The van der Waals surface area contributed by atoms with Crippen molar-refractivity contribution in [1.29, 1.82) is 0 Å². The average Bonchev–Trinajstić information content (AvgIpc) is 0.854. The fourth-order valence-electron chi connectivity index (χ4n) is 12.7. The first-order valence-corrected chi connectivity index (χ1v) is 34.5. The molecule has 34 nitrogen and oxygen atoms in total. The monoisotopic (exact) mass is 1510 g/mol. The molecule has 7 amide bonds. The summed E-state index contributed by atoms with van der Waals surface area (Å²) in [6.45, 7) is 3.31. The van der Waals surface area contributed by atoms with Crippen molar-refractivity contribution in [3.63, 3.8) is 0 Å². The maximum atomic E-state index is 16.0. The van der Waals surface area contributed by atoms with Crippen molar-refractivity contribution in [3.05, 3.63) is 129 Å². The fourth-order valence-corrected chi connectivity index (χ4v) is 13.2. The lowest BCUT2D eigenvalue weighted by atomic mass is 9.89. The Morgan fingerprint density at radius 1 is 0.660 bits per heavy atom. The molecular weight excluding hydrogens is 1430 g/mol. The molecule has 566 valence electrons. The molecule has 7 heterocycles. The van der Waals surface area contributed by atoms with Crippen molar-refractivity contribution < 1.29 is 113 Å². The number of halogens is 2. The second-order valence-electron chi connectivity index (χ2n) is 26.4. The summed E-state index contributed by atoms with van der Waals surface area (Å²) in [5.74, 6) is -16.7. The molecule has 0 unspecified atom stereocenters. The van der Waals surface area contributed by atoms with Gasteiger partial charge in [0.1, 0.15) is 95.6 Å². The van der Waals surface area contributed by atoms with Crippen LogP contribution in [-0.2, 0) is 60.9 Å². The van der Waals surface area contributed by atoms with E-state index in [0.29, 0.717) is 25.0 Å². The van der Waals surface area contributed by atoms with Gasteiger partial charge < -0.3 is 113 Å².